The SMILES string of the molecule is CCNC(=NCC1CCN(S(C)(=O)=O)CC1)NC1CCCC1. The normalized spacial score (nSPS) is 22.9. The van der Waals surface area contributed by atoms with E-state index in [0.29, 0.717) is 25.0 Å². The molecule has 0 aromatic rings. The van der Waals surface area contributed by atoms with Crippen molar-refractivity contribution in [3.05, 3.63) is 0 Å². The molecule has 128 valence electrons. The molecule has 1 aliphatic carbocycles. The van der Waals surface area contributed by atoms with E-state index in [2.05, 4.69) is 17.6 Å². The molecule has 2 fully saturated rings. The van der Waals surface area contributed by atoms with Crippen molar-refractivity contribution in [2.45, 2.75) is 51.5 Å². The average molecular weight is 330 g/mol. The van der Waals surface area contributed by atoms with Crippen LogP contribution in [0.25, 0.3) is 0 Å². The van der Waals surface area contributed by atoms with Crippen LogP contribution in [0.15, 0.2) is 4.99 Å². The van der Waals surface area contributed by atoms with Crippen molar-refractivity contribution in [1.82, 2.24) is 14.9 Å². The monoisotopic (exact) mass is 330 g/mol. The molecule has 1 saturated carbocycles. The van der Waals surface area contributed by atoms with Gasteiger partial charge in [-0.2, -0.15) is 0 Å². The molecule has 0 radical (unpaired) electrons. The number of hydrogen-bond donors (Lipinski definition) is 2. The van der Waals surface area contributed by atoms with Gasteiger partial charge in [0.05, 0.1) is 6.26 Å². The van der Waals surface area contributed by atoms with Crippen molar-refractivity contribution in [3.63, 3.8) is 0 Å². The second kappa shape index (κ2) is 8.15. The van der Waals surface area contributed by atoms with Crippen molar-refractivity contribution in [1.29, 1.82) is 0 Å². The standard InChI is InChI=1S/C15H30N4O2S/c1-3-16-15(18-14-6-4-5-7-14)17-12-13-8-10-19(11-9-13)22(2,20)21/h13-14H,3-12H2,1-2H3,(H2,16,17,18). The van der Waals surface area contributed by atoms with E-state index in [4.69, 9.17) is 4.99 Å². The van der Waals surface area contributed by atoms with E-state index >= 15 is 0 Å². The topological polar surface area (TPSA) is 73.8 Å². The zero-order chi connectivity index (χ0) is 16.0. The first-order chi connectivity index (χ1) is 10.5. The van der Waals surface area contributed by atoms with Crippen molar-refractivity contribution in [2.75, 3.05) is 32.4 Å². The number of hydrogen-bond acceptors (Lipinski definition) is 3. The Kier molecular flexibility index (Phi) is 6.50. The Hall–Kier alpha value is -0.820. The Morgan fingerprint density at radius 2 is 1.82 bits per heavy atom. The maximum Gasteiger partial charge on any atom is 0.211 e. The summed E-state index contributed by atoms with van der Waals surface area (Å²) in [5.41, 5.74) is 0. The predicted octanol–water partition coefficient (Wildman–Crippen LogP) is 1.16. The van der Waals surface area contributed by atoms with Crippen molar-refractivity contribution in [3.8, 4) is 0 Å². The Bertz CT molecular complexity index is 464. The summed E-state index contributed by atoms with van der Waals surface area (Å²) >= 11 is 0. The quantitative estimate of drug-likeness (QED) is 0.586. The van der Waals surface area contributed by atoms with Crippen LogP contribution in [0.2, 0.25) is 0 Å². The van der Waals surface area contributed by atoms with Gasteiger partial charge < -0.3 is 10.6 Å². The molecule has 0 aromatic heterocycles. The van der Waals surface area contributed by atoms with E-state index in [-0.39, 0.29) is 0 Å². The van der Waals surface area contributed by atoms with Crippen molar-refractivity contribution < 1.29 is 8.42 Å². The van der Waals surface area contributed by atoms with Crippen LogP contribution in [-0.2, 0) is 10.0 Å². The van der Waals surface area contributed by atoms with Crippen molar-refractivity contribution >= 4 is 16.0 Å². The summed E-state index contributed by atoms with van der Waals surface area (Å²) in [6.07, 6.45) is 8.18. The van der Waals surface area contributed by atoms with E-state index in [0.717, 1.165) is 31.9 Å². The zero-order valence-electron chi connectivity index (χ0n) is 13.8. The number of guanidine groups is 1. The maximum atomic E-state index is 11.5. The van der Waals surface area contributed by atoms with Crippen LogP contribution in [0.3, 0.4) is 0 Å². The predicted molar refractivity (Wildman–Crippen MR) is 90.5 cm³/mol. The summed E-state index contributed by atoms with van der Waals surface area (Å²) in [6.45, 7) is 4.98. The minimum absolute atomic E-state index is 0.483. The third-order valence-corrected chi connectivity index (χ3v) is 5.89. The lowest BCUT2D eigenvalue weighted by atomic mass is 9.98. The molecular formula is C15H30N4O2S. The van der Waals surface area contributed by atoms with Crippen LogP contribution in [0.4, 0.5) is 0 Å². The summed E-state index contributed by atoms with van der Waals surface area (Å²) in [5.74, 6) is 1.40. The lowest BCUT2D eigenvalue weighted by molar-refractivity contribution is 0.280. The summed E-state index contributed by atoms with van der Waals surface area (Å²) in [7, 11) is -3.03. The van der Waals surface area contributed by atoms with Gasteiger partial charge in [-0.05, 0) is 38.5 Å². The van der Waals surface area contributed by atoms with Gasteiger partial charge in [0, 0.05) is 32.2 Å². The summed E-state index contributed by atoms with van der Waals surface area (Å²) in [6, 6.07) is 0.560. The fourth-order valence-electron chi connectivity index (χ4n) is 3.23. The molecule has 0 bridgehead atoms. The summed E-state index contributed by atoms with van der Waals surface area (Å²) in [5, 5.41) is 6.84. The van der Waals surface area contributed by atoms with Gasteiger partial charge in [0.1, 0.15) is 0 Å². The molecule has 2 N–H and O–H groups in total. The van der Waals surface area contributed by atoms with Gasteiger partial charge in [-0.3, -0.25) is 4.99 Å². The minimum atomic E-state index is -3.03. The third-order valence-electron chi connectivity index (χ3n) is 4.59. The molecule has 0 amide bonds. The number of piperidine rings is 1. The average Bonchev–Trinajstić information content (AvgIpc) is 2.97. The van der Waals surface area contributed by atoms with Gasteiger partial charge in [0.2, 0.25) is 10.0 Å². The van der Waals surface area contributed by atoms with E-state index in [1.54, 1.807) is 4.31 Å². The van der Waals surface area contributed by atoms with E-state index in [1.807, 2.05) is 0 Å². The van der Waals surface area contributed by atoms with Gasteiger partial charge in [0.25, 0.3) is 0 Å². The van der Waals surface area contributed by atoms with E-state index in [9.17, 15) is 8.42 Å². The highest BCUT2D eigenvalue weighted by Gasteiger charge is 2.24. The number of aliphatic imine (C=N–C) groups is 1. The molecule has 2 rings (SSSR count). The first kappa shape index (κ1) is 17.5. The molecular weight excluding hydrogens is 300 g/mol. The zero-order valence-corrected chi connectivity index (χ0v) is 14.7. The molecule has 0 aromatic carbocycles. The summed E-state index contributed by atoms with van der Waals surface area (Å²) in [4.78, 5) is 4.71. The molecule has 1 saturated heterocycles. The Morgan fingerprint density at radius 3 is 2.36 bits per heavy atom. The number of nitrogens with one attached hydrogen (secondary N) is 2. The number of sulfonamides is 1. The van der Waals surface area contributed by atoms with Crippen LogP contribution in [0, 0.1) is 5.92 Å². The lowest BCUT2D eigenvalue weighted by Gasteiger charge is -2.29. The molecule has 2 aliphatic rings. The van der Waals surface area contributed by atoms with Crippen LogP contribution in [-0.4, -0.2) is 57.2 Å². The molecule has 6 nitrogen and oxygen atoms in total. The highest BCUT2D eigenvalue weighted by Crippen LogP contribution is 2.20. The van der Waals surface area contributed by atoms with Crippen LogP contribution in [0.1, 0.15) is 45.4 Å². The molecule has 0 unspecified atom stereocenters. The van der Waals surface area contributed by atoms with Gasteiger partial charge >= 0.3 is 0 Å². The van der Waals surface area contributed by atoms with Crippen LogP contribution >= 0.6 is 0 Å². The summed E-state index contributed by atoms with van der Waals surface area (Å²) < 4.78 is 24.6. The molecule has 0 spiro atoms. The molecule has 1 aliphatic heterocycles. The Labute approximate surface area is 134 Å². The Morgan fingerprint density at radius 1 is 1.18 bits per heavy atom. The van der Waals surface area contributed by atoms with Crippen LogP contribution in [0.5, 0.6) is 0 Å². The van der Waals surface area contributed by atoms with E-state index < -0.39 is 10.0 Å². The maximum absolute atomic E-state index is 11.5. The van der Waals surface area contributed by atoms with Crippen LogP contribution < -0.4 is 10.6 Å². The first-order valence-electron chi connectivity index (χ1n) is 8.49. The van der Waals surface area contributed by atoms with E-state index in [1.165, 1.54) is 31.9 Å². The highest BCUT2D eigenvalue weighted by atomic mass is 32.2. The van der Waals surface area contributed by atoms with Gasteiger partial charge in [-0.15, -0.1) is 0 Å². The number of nitrogens with zero attached hydrogens (tertiary/aromatic N) is 2. The second-order valence-corrected chi connectivity index (χ2v) is 8.43. The molecule has 7 heteroatoms. The smallest absolute Gasteiger partial charge is 0.211 e. The lowest BCUT2D eigenvalue weighted by Crippen LogP contribution is -2.43. The van der Waals surface area contributed by atoms with Gasteiger partial charge in [0.15, 0.2) is 5.96 Å². The van der Waals surface area contributed by atoms with Crippen molar-refractivity contribution in [2.24, 2.45) is 10.9 Å². The molecule has 1 heterocycles. The fraction of sp³-hybridized carbons (Fsp3) is 0.933. The minimum Gasteiger partial charge on any atom is -0.357 e. The Balaban J connectivity index is 1.80. The number of rotatable bonds is 5. The largest absolute Gasteiger partial charge is 0.357 e. The van der Waals surface area contributed by atoms with Gasteiger partial charge in [-0.25, -0.2) is 12.7 Å². The molecule has 0 atom stereocenters. The second-order valence-electron chi connectivity index (χ2n) is 6.45. The fourth-order valence-corrected chi connectivity index (χ4v) is 4.10. The van der Waals surface area contributed by atoms with Gasteiger partial charge in [-0.1, -0.05) is 12.8 Å². The molecule has 22 heavy (non-hydrogen) atoms. The first-order valence-corrected chi connectivity index (χ1v) is 10.3. The third kappa shape index (κ3) is 5.43. The highest BCUT2D eigenvalue weighted by molar-refractivity contribution is 7.88.